The minimum Gasteiger partial charge on any atom is -0.508 e. The topological polar surface area (TPSA) is 52.6 Å². The highest BCUT2D eigenvalue weighted by molar-refractivity contribution is 5.90. The molecule has 4 nitrogen and oxygen atoms in total. The molecule has 1 saturated heterocycles. The number of phenols is 1. The summed E-state index contributed by atoms with van der Waals surface area (Å²) < 4.78 is 0. The number of amides is 2. The molecule has 1 aromatic rings. The second kappa shape index (κ2) is 5.29. The molecule has 1 aliphatic heterocycles. The summed E-state index contributed by atoms with van der Waals surface area (Å²) in [5.41, 5.74) is 1.63. The molecule has 1 unspecified atom stereocenters. The van der Waals surface area contributed by atoms with E-state index in [1.165, 1.54) is 6.42 Å². The molecule has 1 aromatic carbocycles. The number of nitrogens with one attached hydrogen (secondary N) is 1. The fourth-order valence-electron chi connectivity index (χ4n) is 2.36. The Kier molecular flexibility index (Phi) is 3.75. The van der Waals surface area contributed by atoms with Crippen molar-refractivity contribution in [1.82, 2.24) is 4.90 Å². The van der Waals surface area contributed by atoms with Crippen LogP contribution in [0.15, 0.2) is 18.2 Å². The lowest BCUT2D eigenvalue weighted by molar-refractivity contribution is 0.182. The van der Waals surface area contributed by atoms with Crippen molar-refractivity contribution in [3.05, 3.63) is 23.8 Å². The van der Waals surface area contributed by atoms with E-state index in [4.69, 9.17) is 0 Å². The van der Waals surface area contributed by atoms with Gasteiger partial charge in [0.1, 0.15) is 5.75 Å². The third kappa shape index (κ3) is 2.94. The summed E-state index contributed by atoms with van der Waals surface area (Å²) in [6, 6.07) is 4.92. The zero-order valence-corrected chi connectivity index (χ0v) is 10.9. The lowest BCUT2D eigenvalue weighted by Crippen LogP contribution is -2.41. The van der Waals surface area contributed by atoms with Crippen LogP contribution in [0.1, 0.15) is 25.3 Å². The summed E-state index contributed by atoms with van der Waals surface area (Å²) in [5, 5.41) is 12.2. The number of carbonyl (C=O) groups excluding carboxylic acids is 1. The van der Waals surface area contributed by atoms with Crippen LogP contribution >= 0.6 is 0 Å². The van der Waals surface area contributed by atoms with Crippen LogP contribution in [0.5, 0.6) is 5.75 Å². The van der Waals surface area contributed by atoms with E-state index in [1.807, 2.05) is 11.8 Å². The Morgan fingerprint density at radius 1 is 1.50 bits per heavy atom. The Bertz CT molecular complexity index is 445. The molecule has 1 fully saturated rings. The van der Waals surface area contributed by atoms with E-state index in [0.717, 1.165) is 30.8 Å². The Hall–Kier alpha value is -1.71. The Balaban J connectivity index is 2.02. The number of likely N-dealkylation sites (tertiary alicyclic amines) is 1. The van der Waals surface area contributed by atoms with E-state index in [-0.39, 0.29) is 11.8 Å². The molecule has 2 amide bonds. The van der Waals surface area contributed by atoms with Crippen LogP contribution in [0.25, 0.3) is 0 Å². The van der Waals surface area contributed by atoms with Gasteiger partial charge in [-0.1, -0.05) is 6.92 Å². The number of anilines is 1. The maximum atomic E-state index is 12.1. The van der Waals surface area contributed by atoms with Crippen LogP contribution in [0.3, 0.4) is 0 Å². The minimum atomic E-state index is -0.0460. The van der Waals surface area contributed by atoms with Crippen molar-refractivity contribution in [2.24, 2.45) is 5.92 Å². The molecule has 0 aliphatic carbocycles. The molecule has 18 heavy (non-hydrogen) atoms. The normalized spacial score (nSPS) is 19.7. The number of nitrogens with zero attached hydrogens (tertiary/aromatic N) is 1. The summed E-state index contributed by atoms with van der Waals surface area (Å²) >= 11 is 0. The average Bonchev–Trinajstić information content (AvgIpc) is 2.32. The van der Waals surface area contributed by atoms with Gasteiger partial charge in [-0.15, -0.1) is 0 Å². The molecule has 98 valence electrons. The van der Waals surface area contributed by atoms with Gasteiger partial charge in [0.25, 0.3) is 0 Å². The first kappa shape index (κ1) is 12.7. The summed E-state index contributed by atoms with van der Waals surface area (Å²) in [6.07, 6.45) is 2.27. The first-order chi connectivity index (χ1) is 8.56. The first-order valence-electron chi connectivity index (χ1n) is 6.42. The monoisotopic (exact) mass is 248 g/mol. The van der Waals surface area contributed by atoms with Crippen molar-refractivity contribution < 1.29 is 9.90 Å². The number of piperidine rings is 1. The average molecular weight is 248 g/mol. The van der Waals surface area contributed by atoms with Crippen molar-refractivity contribution in [2.75, 3.05) is 18.4 Å². The molecule has 0 aromatic heterocycles. The number of hydrogen-bond donors (Lipinski definition) is 2. The second-order valence-corrected chi connectivity index (χ2v) is 5.12. The Morgan fingerprint density at radius 2 is 2.28 bits per heavy atom. The number of benzene rings is 1. The fraction of sp³-hybridized carbons (Fsp3) is 0.500. The van der Waals surface area contributed by atoms with Crippen molar-refractivity contribution in [1.29, 1.82) is 0 Å². The molecule has 0 bridgehead atoms. The van der Waals surface area contributed by atoms with E-state index in [0.29, 0.717) is 5.92 Å². The van der Waals surface area contributed by atoms with Gasteiger partial charge in [-0.2, -0.15) is 0 Å². The Labute approximate surface area is 108 Å². The van der Waals surface area contributed by atoms with Crippen molar-refractivity contribution in [3.8, 4) is 5.75 Å². The van der Waals surface area contributed by atoms with Crippen molar-refractivity contribution >= 4 is 11.7 Å². The van der Waals surface area contributed by atoms with E-state index >= 15 is 0 Å². The molecule has 2 N–H and O–H groups in total. The highest BCUT2D eigenvalue weighted by Crippen LogP contribution is 2.21. The first-order valence-corrected chi connectivity index (χ1v) is 6.42. The van der Waals surface area contributed by atoms with Gasteiger partial charge in [-0.3, -0.25) is 0 Å². The summed E-state index contributed by atoms with van der Waals surface area (Å²) in [4.78, 5) is 14.0. The highest BCUT2D eigenvalue weighted by atomic mass is 16.3. The fourth-order valence-corrected chi connectivity index (χ4v) is 2.36. The molecule has 1 aliphatic rings. The SMILES string of the molecule is Cc1cc(O)ccc1NC(=O)N1CCCC(C)C1. The van der Waals surface area contributed by atoms with Gasteiger partial charge in [-0.05, 0) is 49.4 Å². The smallest absolute Gasteiger partial charge is 0.321 e. The molecule has 1 atom stereocenters. The molecule has 0 radical (unpaired) electrons. The predicted octanol–water partition coefficient (Wildman–Crippen LogP) is 2.96. The lowest BCUT2D eigenvalue weighted by Gasteiger charge is -2.31. The highest BCUT2D eigenvalue weighted by Gasteiger charge is 2.21. The zero-order valence-electron chi connectivity index (χ0n) is 10.9. The van der Waals surface area contributed by atoms with Crippen LogP contribution in [0, 0.1) is 12.8 Å². The number of phenolic OH excluding ortho intramolecular Hbond substituents is 1. The molecular weight excluding hydrogens is 228 g/mol. The number of hydrogen-bond acceptors (Lipinski definition) is 2. The van der Waals surface area contributed by atoms with Crippen molar-refractivity contribution in [2.45, 2.75) is 26.7 Å². The maximum absolute atomic E-state index is 12.1. The molecule has 0 saturated carbocycles. The van der Waals surface area contributed by atoms with Gasteiger partial charge in [-0.25, -0.2) is 4.79 Å². The number of carbonyl (C=O) groups is 1. The number of urea groups is 1. The van der Waals surface area contributed by atoms with Crippen molar-refractivity contribution in [3.63, 3.8) is 0 Å². The number of rotatable bonds is 1. The lowest BCUT2D eigenvalue weighted by atomic mass is 10.0. The zero-order chi connectivity index (χ0) is 13.1. The van der Waals surface area contributed by atoms with E-state index < -0.39 is 0 Å². The van der Waals surface area contributed by atoms with Gasteiger partial charge in [0.15, 0.2) is 0 Å². The van der Waals surface area contributed by atoms with E-state index in [1.54, 1.807) is 18.2 Å². The van der Waals surface area contributed by atoms with Gasteiger partial charge in [0.2, 0.25) is 0 Å². The maximum Gasteiger partial charge on any atom is 0.321 e. The predicted molar refractivity (Wildman–Crippen MR) is 71.8 cm³/mol. The third-order valence-corrected chi connectivity index (χ3v) is 3.40. The van der Waals surface area contributed by atoms with Crippen LogP contribution < -0.4 is 5.32 Å². The molecule has 2 rings (SSSR count). The van der Waals surface area contributed by atoms with E-state index in [2.05, 4.69) is 12.2 Å². The van der Waals surface area contributed by atoms with Crippen LogP contribution in [0.2, 0.25) is 0 Å². The van der Waals surface area contributed by atoms with Gasteiger partial charge in [0, 0.05) is 18.8 Å². The summed E-state index contributed by atoms with van der Waals surface area (Å²) in [6.45, 7) is 5.69. The quantitative estimate of drug-likeness (QED) is 0.751. The Morgan fingerprint density at radius 3 is 2.94 bits per heavy atom. The number of aryl methyl sites for hydroxylation is 1. The second-order valence-electron chi connectivity index (χ2n) is 5.12. The summed E-state index contributed by atoms with van der Waals surface area (Å²) in [7, 11) is 0. The van der Waals surface area contributed by atoms with Crippen LogP contribution in [0.4, 0.5) is 10.5 Å². The van der Waals surface area contributed by atoms with Gasteiger partial charge < -0.3 is 15.3 Å². The van der Waals surface area contributed by atoms with Crippen LogP contribution in [-0.4, -0.2) is 29.1 Å². The summed E-state index contributed by atoms with van der Waals surface area (Å²) in [5.74, 6) is 0.794. The van der Waals surface area contributed by atoms with E-state index in [9.17, 15) is 9.90 Å². The standard InChI is InChI=1S/C14H20N2O2/c1-10-4-3-7-16(9-10)14(18)15-13-6-5-12(17)8-11(13)2/h5-6,8,10,17H,3-4,7,9H2,1-2H3,(H,15,18). The molecular formula is C14H20N2O2. The molecule has 4 heteroatoms. The third-order valence-electron chi connectivity index (χ3n) is 3.40. The van der Waals surface area contributed by atoms with Gasteiger partial charge >= 0.3 is 6.03 Å². The minimum absolute atomic E-state index is 0.0460. The van der Waals surface area contributed by atoms with Crippen LogP contribution in [-0.2, 0) is 0 Å². The largest absolute Gasteiger partial charge is 0.508 e. The van der Waals surface area contributed by atoms with Gasteiger partial charge in [0.05, 0.1) is 0 Å². The molecule has 1 heterocycles. The number of aromatic hydroxyl groups is 1. The molecule has 0 spiro atoms.